The van der Waals surface area contributed by atoms with Gasteiger partial charge in [0.05, 0.1) is 37.1 Å². The summed E-state index contributed by atoms with van der Waals surface area (Å²) in [4.78, 5) is 13.1. The number of hydrogen-bond acceptors (Lipinski definition) is 7. The van der Waals surface area contributed by atoms with E-state index in [1.165, 1.54) is 45.4 Å². The van der Waals surface area contributed by atoms with E-state index < -0.39 is 37.9 Å². The van der Waals surface area contributed by atoms with Crippen LogP contribution in [0.5, 0.6) is 11.5 Å². The SMILES string of the molecule is COc1ccc(N([C@H](C)C(=O)N[C@H](C)c2ccc(S(C)(=O)=O)cc2)S(C)(=O)=O)cc1OC. The predicted molar refractivity (Wildman–Crippen MR) is 122 cm³/mol. The number of sulfone groups is 1. The summed E-state index contributed by atoms with van der Waals surface area (Å²) in [5.74, 6) is 0.225. The maximum atomic E-state index is 12.9. The number of nitrogens with zero attached hydrogens (tertiary/aromatic N) is 1. The van der Waals surface area contributed by atoms with Gasteiger partial charge >= 0.3 is 0 Å². The van der Waals surface area contributed by atoms with Crippen LogP contribution < -0.4 is 19.1 Å². The molecule has 32 heavy (non-hydrogen) atoms. The predicted octanol–water partition coefficient (Wildman–Crippen LogP) is 2.14. The number of nitrogens with one attached hydrogen (secondary N) is 1. The number of rotatable bonds is 9. The zero-order valence-electron chi connectivity index (χ0n) is 18.8. The molecule has 0 aliphatic heterocycles. The molecule has 11 heteroatoms. The monoisotopic (exact) mass is 484 g/mol. The molecule has 0 spiro atoms. The Hall–Kier alpha value is -2.79. The number of anilines is 1. The topological polar surface area (TPSA) is 119 Å². The molecule has 2 atom stereocenters. The Balaban J connectivity index is 2.29. The molecule has 0 saturated heterocycles. The molecule has 1 N–H and O–H groups in total. The van der Waals surface area contributed by atoms with Gasteiger partial charge in [-0.25, -0.2) is 16.8 Å². The fraction of sp³-hybridized carbons (Fsp3) is 0.381. The van der Waals surface area contributed by atoms with Crippen LogP contribution in [0.25, 0.3) is 0 Å². The van der Waals surface area contributed by atoms with Gasteiger partial charge in [0.15, 0.2) is 21.3 Å². The maximum Gasteiger partial charge on any atom is 0.244 e. The van der Waals surface area contributed by atoms with E-state index in [0.717, 1.165) is 16.8 Å². The lowest BCUT2D eigenvalue weighted by Crippen LogP contribution is -2.48. The second kappa shape index (κ2) is 9.78. The normalized spacial score (nSPS) is 13.7. The summed E-state index contributed by atoms with van der Waals surface area (Å²) in [5.41, 5.74) is 0.924. The molecule has 0 bridgehead atoms. The number of methoxy groups -OCH3 is 2. The van der Waals surface area contributed by atoms with E-state index in [4.69, 9.17) is 9.47 Å². The smallest absolute Gasteiger partial charge is 0.244 e. The van der Waals surface area contributed by atoms with Crippen molar-refractivity contribution in [2.75, 3.05) is 31.0 Å². The van der Waals surface area contributed by atoms with Gasteiger partial charge in [0.1, 0.15) is 6.04 Å². The minimum Gasteiger partial charge on any atom is -0.493 e. The Bertz CT molecular complexity index is 1180. The van der Waals surface area contributed by atoms with E-state index in [1.54, 1.807) is 25.1 Å². The van der Waals surface area contributed by atoms with Crippen molar-refractivity contribution in [3.8, 4) is 11.5 Å². The van der Waals surface area contributed by atoms with E-state index in [-0.39, 0.29) is 10.6 Å². The van der Waals surface area contributed by atoms with Gasteiger partial charge in [0.25, 0.3) is 0 Å². The highest BCUT2D eigenvalue weighted by Crippen LogP contribution is 2.33. The average Bonchev–Trinajstić information content (AvgIpc) is 2.72. The third kappa shape index (κ3) is 5.92. The minimum atomic E-state index is -3.82. The molecule has 0 fully saturated rings. The highest BCUT2D eigenvalue weighted by Gasteiger charge is 2.30. The first-order chi connectivity index (χ1) is 14.8. The minimum absolute atomic E-state index is 0.171. The summed E-state index contributed by atoms with van der Waals surface area (Å²) in [5, 5.41) is 2.78. The molecule has 0 aromatic heterocycles. The molecule has 0 heterocycles. The quantitative estimate of drug-likeness (QED) is 0.579. The number of ether oxygens (including phenoxy) is 2. The van der Waals surface area contributed by atoms with Gasteiger partial charge in [-0.05, 0) is 43.7 Å². The Morgan fingerprint density at radius 1 is 0.906 bits per heavy atom. The van der Waals surface area contributed by atoms with Crippen molar-refractivity contribution < 1.29 is 31.1 Å². The molecular weight excluding hydrogens is 456 g/mol. The first-order valence-corrected chi connectivity index (χ1v) is 13.4. The number of carbonyl (C=O) groups excluding carboxylic acids is 1. The van der Waals surface area contributed by atoms with Gasteiger partial charge in [-0.1, -0.05) is 12.1 Å². The standard InChI is InChI=1S/C21H28N2O7S2/c1-14(16-7-10-18(11-8-16)31(5,25)26)22-21(24)15(2)23(32(6,27)28)17-9-12-19(29-3)20(13-17)30-4/h7-15H,1-6H3,(H,22,24)/t14-,15-/m1/s1. The molecule has 2 rings (SSSR count). The Morgan fingerprint density at radius 3 is 1.94 bits per heavy atom. The van der Waals surface area contributed by atoms with Crippen LogP contribution in [0, 0.1) is 0 Å². The van der Waals surface area contributed by atoms with Crippen LogP contribution >= 0.6 is 0 Å². The molecule has 176 valence electrons. The maximum absolute atomic E-state index is 12.9. The second-order valence-corrected chi connectivity index (χ2v) is 11.2. The first-order valence-electron chi connectivity index (χ1n) is 9.61. The van der Waals surface area contributed by atoms with Crippen LogP contribution in [-0.4, -0.2) is 55.5 Å². The largest absolute Gasteiger partial charge is 0.493 e. The molecule has 0 aliphatic carbocycles. The first kappa shape index (κ1) is 25.5. The van der Waals surface area contributed by atoms with E-state index in [9.17, 15) is 21.6 Å². The number of sulfonamides is 1. The molecule has 2 aromatic rings. The lowest BCUT2D eigenvalue weighted by molar-refractivity contribution is -0.122. The summed E-state index contributed by atoms with van der Waals surface area (Å²) < 4.78 is 59.8. The summed E-state index contributed by atoms with van der Waals surface area (Å²) in [7, 11) is -4.26. The molecule has 0 unspecified atom stereocenters. The van der Waals surface area contributed by atoms with Crippen molar-refractivity contribution in [3.05, 3.63) is 48.0 Å². The Morgan fingerprint density at radius 2 is 1.47 bits per heavy atom. The average molecular weight is 485 g/mol. The molecular formula is C21H28N2O7S2. The van der Waals surface area contributed by atoms with Crippen LogP contribution in [-0.2, 0) is 24.7 Å². The summed E-state index contributed by atoms with van der Waals surface area (Å²) in [6, 6.07) is 9.15. The van der Waals surface area contributed by atoms with Gasteiger partial charge in [-0.3, -0.25) is 9.10 Å². The lowest BCUT2D eigenvalue weighted by atomic mass is 10.1. The van der Waals surface area contributed by atoms with Crippen molar-refractivity contribution in [3.63, 3.8) is 0 Å². The highest BCUT2D eigenvalue weighted by molar-refractivity contribution is 7.92. The molecule has 9 nitrogen and oxygen atoms in total. The van der Waals surface area contributed by atoms with Gasteiger partial charge in [0.2, 0.25) is 15.9 Å². The molecule has 1 amide bonds. The molecule has 2 aromatic carbocycles. The number of amides is 1. The third-order valence-electron chi connectivity index (χ3n) is 4.88. The van der Waals surface area contributed by atoms with Crippen LogP contribution in [0.1, 0.15) is 25.5 Å². The molecule has 0 aliphatic rings. The summed E-state index contributed by atoms with van der Waals surface area (Å²) >= 11 is 0. The zero-order chi connectivity index (χ0) is 24.3. The summed E-state index contributed by atoms with van der Waals surface area (Å²) in [6.07, 6.45) is 2.13. The van der Waals surface area contributed by atoms with E-state index in [2.05, 4.69) is 5.32 Å². The van der Waals surface area contributed by atoms with E-state index in [0.29, 0.717) is 17.1 Å². The van der Waals surface area contributed by atoms with Crippen LogP contribution in [0.2, 0.25) is 0 Å². The number of benzene rings is 2. The second-order valence-electron chi connectivity index (χ2n) is 7.35. The Labute approximate surface area is 189 Å². The van der Waals surface area contributed by atoms with Crippen molar-refractivity contribution in [2.45, 2.75) is 30.8 Å². The van der Waals surface area contributed by atoms with Crippen LogP contribution in [0.3, 0.4) is 0 Å². The fourth-order valence-electron chi connectivity index (χ4n) is 3.19. The highest BCUT2D eigenvalue weighted by atomic mass is 32.2. The summed E-state index contributed by atoms with van der Waals surface area (Å²) in [6.45, 7) is 3.20. The third-order valence-corrected chi connectivity index (χ3v) is 7.25. The number of hydrogen-bond donors (Lipinski definition) is 1. The van der Waals surface area contributed by atoms with Gasteiger partial charge in [-0.2, -0.15) is 0 Å². The van der Waals surface area contributed by atoms with Crippen LogP contribution in [0.4, 0.5) is 5.69 Å². The fourth-order valence-corrected chi connectivity index (χ4v) is 4.99. The molecule has 0 saturated carbocycles. The van der Waals surface area contributed by atoms with Crippen molar-refractivity contribution in [2.24, 2.45) is 0 Å². The van der Waals surface area contributed by atoms with Gasteiger partial charge in [0, 0.05) is 12.3 Å². The van der Waals surface area contributed by atoms with Crippen molar-refractivity contribution in [1.82, 2.24) is 5.32 Å². The van der Waals surface area contributed by atoms with E-state index in [1.807, 2.05) is 0 Å². The molecule has 0 radical (unpaired) electrons. The Kier molecular flexibility index (Phi) is 7.79. The van der Waals surface area contributed by atoms with Gasteiger partial charge < -0.3 is 14.8 Å². The van der Waals surface area contributed by atoms with Crippen LogP contribution in [0.15, 0.2) is 47.4 Å². The van der Waals surface area contributed by atoms with Gasteiger partial charge in [-0.15, -0.1) is 0 Å². The zero-order valence-corrected chi connectivity index (χ0v) is 20.5. The number of carbonyl (C=O) groups is 1. The van der Waals surface area contributed by atoms with Crippen molar-refractivity contribution in [1.29, 1.82) is 0 Å². The van der Waals surface area contributed by atoms with Crippen molar-refractivity contribution >= 4 is 31.5 Å². The lowest BCUT2D eigenvalue weighted by Gasteiger charge is -2.29. The van der Waals surface area contributed by atoms with E-state index >= 15 is 0 Å².